The van der Waals surface area contributed by atoms with Crippen LogP contribution in [0, 0.1) is 0 Å². The lowest BCUT2D eigenvalue weighted by Gasteiger charge is -2.23. The lowest BCUT2D eigenvalue weighted by molar-refractivity contribution is -0.113. The molecule has 5 heteroatoms. The zero-order chi connectivity index (χ0) is 18.9. The summed E-state index contributed by atoms with van der Waals surface area (Å²) in [6.45, 7) is 0. The average molecular weight is 383 g/mol. The monoisotopic (exact) mass is 382 g/mol. The van der Waals surface area contributed by atoms with Gasteiger partial charge in [-0.05, 0) is 30.5 Å². The summed E-state index contributed by atoms with van der Waals surface area (Å²) in [4.78, 5) is 25.0. The Balaban J connectivity index is 1.53. The van der Waals surface area contributed by atoms with E-state index in [0.717, 1.165) is 18.6 Å². The Hall–Kier alpha value is -2.27. The number of hydrogen-bond donors (Lipinski definition) is 2. The quantitative estimate of drug-likeness (QED) is 0.734. The fourth-order valence-electron chi connectivity index (χ4n) is 3.32. The number of para-hydroxylation sites is 1. The maximum atomic E-state index is 12.6. The second-order valence-electron chi connectivity index (χ2n) is 6.88. The van der Waals surface area contributed by atoms with Gasteiger partial charge in [-0.25, -0.2) is 0 Å². The molecule has 0 unspecified atom stereocenters. The molecule has 0 aromatic heterocycles. The van der Waals surface area contributed by atoms with Gasteiger partial charge in [-0.3, -0.25) is 9.59 Å². The minimum atomic E-state index is -0.102. The van der Waals surface area contributed by atoms with Crippen LogP contribution in [0.5, 0.6) is 0 Å². The molecule has 0 bridgehead atoms. The van der Waals surface area contributed by atoms with Crippen LogP contribution in [0.3, 0.4) is 0 Å². The topological polar surface area (TPSA) is 58.2 Å². The number of hydrogen-bond acceptors (Lipinski definition) is 3. The normalized spacial score (nSPS) is 14.5. The summed E-state index contributed by atoms with van der Waals surface area (Å²) in [5.74, 6) is 0.953. The summed E-state index contributed by atoms with van der Waals surface area (Å²) < 4.78 is 0. The molecule has 2 N–H and O–H groups in total. The first-order valence-corrected chi connectivity index (χ1v) is 10.7. The van der Waals surface area contributed by atoms with Crippen LogP contribution in [0.15, 0.2) is 54.6 Å². The molecule has 1 fully saturated rings. The smallest absolute Gasteiger partial charge is 0.253 e. The zero-order valence-electron chi connectivity index (χ0n) is 15.4. The lowest BCUT2D eigenvalue weighted by atomic mass is 9.95. The molecule has 0 spiro atoms. The van der Waals surface area contributed by atoms with Crippen LogP contribution in [-0.2, 0) is 10.5 Å². The summed E-state index contributed by atoms with van der Waals surface area (Å²) in [5, 5.41) is 6.01. The lowest BCUT2D eigenvalue weighted by Crippen LogP contribution is -2.36. The van der Waals surface area contributed by atoms with E-state index in [0.29, 0.717) is 17.0 Å². The van der Waals surface area contributed by atoms with Crippen molar-refractivity contribution in [3.8, 4) is 0 Å². The fourth-order valence-corrected chi connectivity index (χ4v) is 4.11. The van der Waals surface area contributed by atoms with E-state index in [4.69, 9.17) is 0 Å². The Morgan fingerprint density at radius 3 is 2.41 bits per heavy atom. The number of amides is 2. The average Bonchev–Trinajstić information content (AvgIpc) is 2.70. The van der Waals surface area contributed by atoms with Crippen LogP contribution < -0.4 is 10.6 Å². The first-order valence-electron chi connectivity index (χ1n) is 9.54. The van der Waals surface area contributed by atoms with Crippen LogP contribution in [0.2, 0.25) is 0 Å². The van der Waals surface area contributed by atoms with Crippen LogP contribution in [0.25, 0.3) is 0 Å². The summed E-state index contributed by atoms with van der Waals surface area (Å²) in [6.07, 6.45) is 5.66. The molecule has 0 radical (unpaired) electrons. The van der Waals surface area contributed by atoms with Crippen molar-refractivity contribution in [1.82, 2.24) is 5.32 Å². The standard InChI is InChI=1S/C22H26N2O2S/c25-21(16-27-15-17-9-3-1-4-10-17)24-20-14-8-7-13-19(20)22(26)23-18-11-5-2-6-12-18/h1,3-4,7-10,13-14,18H,2,5-6,11-12,15-16H2,(H,23,26)(H,24,25). The maximum Gasteiger partial charge on any atom is 0.253 e. The second kappa shape index (κ2) is 10.2. The third-order valence-electron chi connectivity index (χ3n) is 4.73. The predicted octanol–water partition coefficient (Wildman–Crippen LogP) is 4.62. The molecule has 1 aliphatic carbocycles. The Kier molecular flexibility index (Phi) is 7.34. The number of anilines is 1. The molecule has 3 rings (SSSR count). The van der Waals surface area contributed by atoms with E-state index in [-0.39, 0.29) is 17.9 Å². The van der Waals surface area contributed by atoms with Gasteiger partial charge in [-0.2, -0.15) is 0 Å². The van der Waals surface area contributed by atoms with E-state index >= 15 is 0 Å². The minimum Gasteiger partial charge on any atom is -0.349 e. The summed E-state index contributed by atoms with van der Waals surface area (Å²) in [7, 11) is 0. The van der Waals surface area contributed by atoms with E-state index in [1.54, 1.807) is 23.9 Å². The van der Waals surface area contributed by atoms with Gasteiger partial charge in [0.05, 0.1) is 17.0 Å². The molecular formula is C22H26N2O2S. The van der Waals surface area contributed by atoms with Gasteiger partial charge in [0, 0.05) is 11.8 Å². The van der Waals surface area contributed by atoms with Gasteiger partial charge in [0.2, 0.25) is 5.91 Å². The van der Waals surface area contributed by atoms with Crippen molar-refractivity contribution in [1.29, 1.82) is 0 Å². The van der Waals surface area contributed by atoms with Crippen LogP contribution in [0.1, 0.15) is 48.0 Å². The molecule has 142 valence electrons. The van der Waals surface area contributed by atoms with Gasteiger partial charge in [-0.1, -0.05) is 61.7 Å². The number of nitrogens with one attached hydrogen (secondary N) is 2. The predicted molar refractivity (Wildman–Crippen MR) is 112 cm³/mol. The first-order chi connectivity index (χ1) is 13.2. The van der Waals surface area contributed by atoms with E-state index in [1.165, 1.54) is 24.8 Å². The van der Waals surface area contributed by atoms with Crippen molar-refractivity contribution >= 4 is 29.3 Å². The summed E-state index contributed by atoms with van der Waals surface area (Å²) in [5.41, 5.74) is 2.31. The van der Waals surface area contributed by atoms with Crippen molar-refractivity contribution in [2.75, 3.05) is 11.1 Å². The van der Waals surface area contributed by atoms with Crippen LogP contribution in [0.4, 0.5) is 5.69 Å². The Labute approximate surface area is 165 Å². The van der Waals surface area contributed by atoms with Gasteiger partial charge < -0.3 is 10.6 Å². The third kappa shape index (κ3) is 6.14. The van der Waals surface area contributed by atoms with Crippen molar-refractivity contribution < 1.29 is 9.59 Å². The highest BCUT2D eigenvalue weighted by molar-refractivity contribution is 7.99. The van der Waals surface area contributed by atoms with Gasteiger partial charge >= 0.3 is 0 Å². The Morgan fingerprint density at radius 1 is 0.926 bits per heavy atom. The number of benzene rings is 2. The fraction of sp³-hybridized carbons (Fsp3) is 0.364. The first kappa shape index (κ1) is 19.5. The van der Waals surface area contributed by atoms with Gasteiger partial charge in [0.25, 0.3) is 5.91 Å². The second-order valence-corrected chi connectivity index (χ2v) is 7.87. The minimum absolute atomic E-state index is 0.0890. The molecule has 1 saturated carbocycles. The molecule has 0 aliphatic heterocycles. The molecule has 2 aromatic carbocycles. The highest BCUT2D eigenvalue weighted by Crippen LogP contribution is 2.20. The number of thioether (sulfide) groups is 1. The molecule has 2 aromatic rings. The van der Waals surface area contributed by atoms with Gasteiger partial charge in [-0.15, -0.1) is 11.8 Å². The number of carbonyl (C=O) groups is 2. The van der Waals surface area contributed by atoms with Crippen molar-refractivity contribution in [3.63, 3.8) is 0 Å². The van der Waals surface area contributed by atoms with Crippen LogP contribution in [-0.4, -0.2) is 23.6 Å². The van der Waals surface area contributed by atoms with E-state index in [1.807, 2.05) is 30.3 Å². The summed E-state index contributed by atoms with van der Waals surface area (Å²) in [6, 6.07) is 17.5. The Bertz CT molecular complexity index is 758. The van der Waals surface area contributed by atoms with E-state index in [9.17, 15) is 9.59 Å². The summed E-state index contributed by atoms with van der Waals surface area (Å²) >= 11 is 1.56. The van der Waals surface area contributed by atoms with Gasteiger partial charge in [0.1, 0.15) is 0 Å². The number of carbonyl (C=O) groups excluding carboxylic acids is 2. The molecule has 27 heavy (non-hydrogen) atoms. The molecule has 4 nitrogen and oxygen atoms in total. The third-order valence-corrected chi connectivity index (χ3v) is 5.73. The van der Waals surface area contributed by atoms with Crippen molar-refractivity contribution in [3.05, 3.63) is 65.7 Å². The van der Waals surface area contributed by atoms with E-state index in [2.05, 4.69) is 22.8 Å². The molecule has 0 atom stereocenters. The molecule has 0 heterocycles. The van der Waals surface area contributed by atoms with Crippen LogP contribution >= 0.6 is 11.8 Å². The van der Waals surface area contributed by atoms with Crippen molar-refractivity contribution in [2.45, 2.75) is 43.9 Å². The molecule has 1 aliphatic rings. The van der Waals surface area contributed by atoms with Crippen molar-refractivity contribution in [2.24, 2.45) is 0 Å². The molecule has 0 saturated heterocycles. The van der Waals surface area contributed by atoms with Gasteiger partial charge in [0.15, 0.2) is 0 Å². The number of rotatable bonds is 7. The highest BCUT2D eigenvalue weighted by Gasteiger charge is 2.19. The zero-order valence-corrected chi connectivity index (χ0v) is 16.3. The maximum absolute atomic E-state index is 12.6. The van der Waals surface area contributed by atoms with E-state index < -0.39 is 0 Å². The largest absolute Gasteiger partial charge is 0.349 e. The SMILES string of the molecule is O=C(CSCc1ccccc1)Nc1ccccc1C(=O)NC1CCCCC1. The highest BCUT2D eigenvalue weighted by atomic mass is 32.2. The Morgan fingerprint density at radius 2 is 1.63 bits per heavy atom. The molecular weight excluding hydrogens is 356 g/mol. The molecule has 2 amide bonds.